The first-order valence-corrected chi connectivity index (χ1v) is 13.1. The molecular weight excluding hydrogens is 561 g/mol. The number of imidazole rings is 1. The molecule has 11 heteroatoms. The lowest BCUT2D eigenvalue weighted by atomic mass is 10.0. The quantitative estimate of drug-likeness (QED) is 0.246. The highest BCUT2D eigenvalue weighted by Crippen LogP contribution is 2.37. The van der Waals surface area contributed by atoms with Gasteiger partial charge in [-0.1, -0.05) is 6.07 Å². The van der Waals surface area contributed by atoms with Crippen LogP contribution in [0.1, 0.15) is 62.3 Å². The van der Waals surface area contributed by atoms with Gasteiger partial charge in [-0.3, -0.25) is 0 Å². The monoisotopic (exact) mass is 588 g/mol. The molecule has 2 unspecified atom stereocenters. The molecule has 0 amide bonds. The second-order valence-electron chi connectivity index (χ2n) is 9.18. The molecule has 0 fully saturated rings. The first-order chi connectivity index (χ1) is 15.5. The lowest BCUT2D eigenvalue weighted by Gasteiger charge is -2.18. The minimum Gasteiger partial charge on any atom is -0.382 e. The zero-order valence-electron chi connectivity index (χ0n) is 18.8. The molecule has 33 heavy (non-hydrogen) atoms. The van der Waals surface area contributed by atoms with Gasteiger partial charge in [0.15, 0.2) is 17.0 Å². The van der Waals surface area contributed by atoms with Gasteiger partial charge in [0.05, 0.1) is 15.7 Å². The molecule has 178 valence electrons. The SMILES string of the molecule is CC(C)(C)S(=O)NCCCn1c(Cc2cc3c(cc2I)CCC3F)nc2c(N)nc(F)nc21. The summed E-state index contributed by atoms with van der Waals surface area (Å²) in [5, 5.41) is 0. The zero-order chi connectivity index (χ0) is 23.9. The summed E-state index contributed by atoms with van der Waals surface area (Å²) < 4.78 is 46.1. The summed E-state index contributed by atoms with van der Waals surface area (Å²) in [6.45, 7) is 6.69. The largest absolute Gasteiger partial charge is 0.382 e. The lowest BCUT2D eigenvalue weighted by Crippen LogP contribution is -2.34. The van der Waals surface area contributed by atoms with E-state index in [1.165, 1.54) is 0 Å². The summed E-state index contributed by atoms with van der Waals surface area (Å²) in [6.07, 6.45) is 0.463. The standard InChI is InChI=1S/C22H27F2IN6OS/c1-22(2,3)33(32)27-7-4-8-31-17(28-18-19(26)29-21(24)30-20(18)31)11-13-9-14-12(10-16(13)25)5-6-15(14)23/h9-10,15,27H,4-8,11H2,1-3H3,(H2,26,29,30). The number of hydrogen-bond acceptors (Lipinski definition) is 5. The second kappa shape index (κ2) is 9.49. The van der Waals surface area contributed by atoms with Gasteiger partial charge in [0, 0.05) is 23.1 Å². The van der Waals surface area contributed by atoms with E-state index in [1.54, 1.807) is 0 Å². The minimum atomic E-state index is -1.18. The van der Waals surface area contributed by atoms with Crippen molar-refractivity contribution >= 4 is 50.6 Å². The van der Waals surface area contributed by atoms with Crippen LogP contribution in [0.15, 0.2) is 12.1 Å². The topological polar surface area (TPSA) is 98.7 Å². The van der Waals surface area contributed by atoms with Crippen molar-refractivity contribution in [2.75, 3.05) is 12.3 Å². The molecule has 0 aliphatic heterocycles. The van der Waals surface area contributed by atoms with Crippen LogP contribution in [0.4, 0.5) is 14.6 Å². The molecule has 1 aliphatic rings. The Balaban J connectivity index is 1.63. The van der Waals surface area contributed by atoms with E-state index in [0.29, 0.717) is 49.3 Å². The van der Waals surface area contributed by atoms with Gasteiger partial charge in [0.1, 0.15) is 12.0 Å². The number of hydrogen-bond donors (Lipinski definition) is 2. The molecule has 0 radical (unpaired) electrons. The molecule has 0 saturated heterocycles. The predicted octanol–water partition coefficient (Wildman–Crippen LogP) is 4.14. The van der Waals surface area contributed by atoms with Crippen molar-refractivity contribution in [3.05, 3.63) is 44.3 Å². The van der Waals surface area contributed by atoms with E-state index in [9.17, 15) is 13.0 Å². The van der Waals surface area contributed by atoms with Crippen LogP contribution in [-0.4, -0.2) is 35.0 Å². The van der Waals surface area contributed by atoms with E-state index in [0.717, 1.165) is 26.7 Å². The summed E-state index contributed by atoms with van der Waals surface area (Å²) in [7, 11) is -1.18. The molecule has 0 bridgehead atoms. The fourth-order valence-electron chi connectivity index (χ4n) is 3.96. The third kappa shape index (κ3) is 5.19. The van der Waals surface area contributed by atoms with Crippen LogP contribution in [0.5, 0.6) is 0 Å². The van der Waals surface area contributed by atoms with Gasteiger partial charge in [-0.2, -0.15) is 14.4 Å². The number of nitrogens with zero attached hydrogens (tertiary/aromatic N) is 4. The van der Waals surface area contributed by atoms with Crippen LogP contribution in [0.3, 0.4) is 0 Å². The van der Waals surface area contributed by atoms with E-state index < -0.39 is 23.2 Å². The van der Waals surface area contributed by atoms with Gasteiger partial charge in [-0.05, 0) is 85.4 Å². The second-order valence-corrected chi connectivity index (χ2v) is 12.4. The number of anilines is 1. The normalized spacial score (nSPS) is 17.0. The first kappa shape index (κ1) is 24.4. The summed E-state index contributed by atoms with van der Waals surface area (Å²) in [4.78, 5) is 12.2. The zero-order valence-corrected chi connectivity index (χ0v) is 21.8. The number of halogens is 3. The molecule has 2 heterocycles. The number of benzene rings is 1. The third-order valence-electron chi connectivity index (χ3n) is 5.68. The Kier molecular flexibility index (Phi) is 7.02. The highest BCUT2D eigenvalue weighted by atomic mass is 127. The van der Waals surface area contributed by atoms with Gasteiger partial charge in [-0.15, -0.1) is 0 Å². The van der Waals surface area contributed by atoms with Crippen molar-refractivity contribution in [1.29, 1.82) is 0 Å². The highest BCUT2D eigenvalue weighted by Gasteiger charge is 2.25. The molecule has 3 aromatic rings. The van der Waals surface area contributed by atoms with Crippen molar-refractivity contribution in [3.63, 3.8) is 0 Å². The van der Waals surface area contributed by atoms with Gasteiger partial charge < -0.3 is 10.3 Å². The third-order valence-corrected chi connectivity index (χ3v) is 8.27. The number of rotatable bonds is 7. The minimum absolute atomic E-state index is 0.0167. The van der Waals surface area contributed by atoms with Crippen LogP contribution >= 0.6 is 22.6 Å². The van der Waals surface area contributed by atoms with Crippen LogP contribution in [0.2, 0.25) is 0 Å². The van der Waals surface area contributed by atoms with Crippen LogP contribution in [0.25, 0.3) is 11.2 Å². The molecule has 1 aliphatic carbocycles. The van der Waals surface area contributed by atoms with Crippen LogP contribution in [-0.2, 0) is 30.4 Å². The van der Waals surface area contributed by atoms with Crippen molar-refractivity contribution < 1.29 is 13.0 Å². The summed E-state index contributed by atoms with van der Waals surface area (Å²) in [5.41, 5.74) is 9.35. The molecule has 0 saturated carbocycles. The van der Waals surface area contributed by atoms with Gasteiger partial charge in [0.25, 0.3) is 0 Å². The number of nitrogen functional groups attached to an aromatic ring is 1. The van der Waals surface area contributed by atoms with Crippen LogP contribution in [0, 0.1) is 9.65 Å². The van der Waals surface area contributed by atoms with E-state index >= 15 is 0 Å². The predicted molar refractivity (Wildman–Crippen MR) is 134 cm³/mol. The lowest BCUT2D eigenvalue weighted by molar-refractivity contribution is 0.343. The Morgan fingerprint density at radius 2 is 2.06 bits per heavy atom. The van der Waals surface area contributed by atoms with E-state index in [1.807, 2.05) is 37.5 Å². The average Bonchev–Trinajstić information content (AvgIpc) is 3.25. The molecule has 3 N–H and O–H groups in total. The molecule has 2 aromatic heterocycles. The number of aromatic nitrogens is 4. The number of nitrogens with one attached hydrogen (secondary N) is 1. The molecule has 0 spiro atoms. The van der Waals surface area contributed by atoms with Crippen LogP contribution < -0.4 is 10.5 Å². The van der Waals surface area contributed by atoms with Gasteiger partial charge in [0.2, 0.25) is 0 Å². The fraction of sp³-hybridized carbons (Fsp3) is 0.500. The maximum atomic E-state index is 14.3. The summed E-state index contributed by atoms with van der Waals surface area (Å²) in [6, 6.07) is 3.96. The smallest absolute Gasteiger partial charge is 0.312 e. The highest BCUT2D eigenvalue weighted by molar-refractivity contribution is 14.1. The number of nitrogens with two attached hydrogens (primary N) is 1. The van der Waals surface area contributed by atoms with Crippen molar-refractivity contribution in [2.24, 2.45) is 0 Å². The Hall–Kier alpha value is -1.73. The average molecular weight is 588 g/mol. The first-order valence-electron chi connectivity index (χ1n) is 10.8. The van der Waals surface area contributed by atoms with E-state index in [4.69, 9.17) is 5.73 Å². The van der Waals surface area contributed by atoms with Crippen molar-refractivity contribution in [2.45, 2.75) is 63.9 Å². The number of fused-ring (bicyclic) bond motifs is 2. The molecule has 4 rings (SSSR count). The number of alkyl halides is 1. The maximum Gasteiger partial charge on any atom is 0.312 e. The maximum absolute atomic E-state index is 14.3. The van der Waals surface area contributed by atoms with Gasteiger partial charge >= 0.3 is 6.08 Å². The van der Waals surface area contributed by atoms with E-state index in [2.05, 4.69) is 42.3 Å². The van der Waals surface area contributed by atoms with Crippen molar-refractivity contribution in [3.8, 4) is 0 Å². The molecular formula is C22H27F2IN6OS. The Morgan fingerprint density at radius 3 is 2.79 bits per heavy atom. The molecule has 1 aromatic carbocycles. The van der Waals surface area contributed by atoms with E-state index in [-0.39, 0.29) is 10.6 Å². The summed E-state index contributed by atoms with van der Waals surface area (Å²) >= 11 is 2.26. The molecule has 7 nitrogen and oxygen atoms in total. The fourth-order valence-corrected chi connectivity index (χ4v) is 5.44. The van der Waals surface area contributed by atoms with Crippen molar-refractivity contribution in [1.82, 2.24) is 24.2 Å². The molecule has 2 atom stereocenters. The number of aryl methyl sites for hydroxylation is 2. The van der Waals surface area contributed by atoms with Gasteiger partial charge in [-0.25, -0.2) is 18.3 Å². The Labute approximate surface area is 207 Å². The summed E-state index contributed by atoms with van der Waals surface area (Å²) in [5.74, 6) is 0.636. The Bertz CT molecular complexity index is 1230. The Morgan fingerprint density at radius 1 is 1.30 bits per heavy atom.